The van der Waals surface area contributed by atoms with Crippen LogP contribution in [0.3, 0.4) is 0 Å². The van der Waals surface area contributed by atoms with Crippen LogP contribution in [-0.4, -0.2) is 10.1 Å². The van der Waals surface area contributed by atoms with Crippen LogP contribution < -0.4 is 11.1 Å². The van der Waals surface area contributed by atoms with Gasteiger partial charge in [-0.2, -0.15) is 0 Å². The Bertz CT molecular complexity index is 772. The summed E-state index contributed by atoms with van der Waals surface area (Å²) in [5.74, 6) is 1.19. The van der Waals surface area contributed by atoms with E-state index in [9.17, 15) is 0 Å². The van der Waals surface area contributed by atoms with Gasteiger partial charge in [0, 0.05) is 36.5 Å². The number of aromatic nitrogens is 2. The summed E-state index contributed by atoms with van der Waals surface area (Å²) in [6.45, 7) is 1.19. The summed E-state index contributed by atoms with van der Waals surface area (Å²) in [5.41, 5.74) is 8.39. The number of rotatable bonds is 5. The lowest BCUT2D eigenvalue weighted by Crippen LogP contribution is -2.14. The molecule has 0 spiro atoms. The third-order valence-electron chi connectivity index (χ3n) is 3.25. The van der Waals surface area contributed by atoms with Crippen LogP contribution in [0.4, 0.5) is 5.82 Å². The SMILES string of the molecule is Nc1ncccc1CNCc1cc(-c2ccccc2Cl)on1. The van der Waals surface area contributed by atoms with Gasteiger partial charge in [-0.3, -0.25) is 0 Å². The number of hydrogen-bond donors (Lipinski definition) is 2. The average Bonchev–Trinajstić information content (AvgIpc) is 2.98. The van der Waals surface area contributed by atoms with E-state index in [2.05, 4.69) is 15.5 Å². The molecule has 0 fully saturated rings. The molecule has 22 heavy (non-hydrogen) atoms. The Morgan fingerprint density at radius 3 is 2.82 bits per heavy atom. The summed E-state index contributed by atoms with van der Waals surface area (Å²) < 4.78 is 5.35. The number of halogens is 1. The van der Waals surface area contributed by atoms with Crippen LogP contribution >= 0.6 is 11.6 Å². The number of nitrogen functional groups attached to an aromatic ring is 1. The summed E-state index contributed by atoms with van der Waals surface area (Å²) >= 11 is 6.15. The van der Waals surface area contributed by atoms with Crippen molar-refractivity contribution in [2.45, 2.75) is 13.1 Å². The minimum absolute atomic E-state index is 0.534. The van der Waals surface area contributed by atoms with E-state index in [4.69, 9.17) is 21.9 Å². The molecule has 0 bridgehead atoms. The maximum absolute atomic E-state index is 6.15. The van der Waals surface area contributed by atoms with Gasteiger partial charge in [0.05, 0.1) is 10.7 Å². The van der Waals surface area contributed by atoms with Crippen LogP contribution in [0.2, 0.25) is 5.02 Å². The van der Waals surface area contributed by atoms with Gasteiger partial charge in [0.1, 0.15) is 5.82 Å². The second kappa shape index (κ2) is 6.60. The summed E-state index contributed by atoms with van der Waals surface area (Å²) in [7, 11) is 0. The lowest BCUT2D eigenvalue weighted by Gasteiger charge is -2.04. The molecule has 0 saturated carbocycles. The fourth-order valence-electron chi connectivity index (χ4n) is 2.11. The smallest absolute Gasteiger partial charge is 0.168 e. The van der Waals surface area contributed by atoms with Gasteiger partial charge < -0.3 is 15.6 Å². The molecule has 0 aliphatic carbocycles. The molecule has 112 valence electrons. The Labute approximate surface area is 133 Å². The van der Waals surface area contributed by atoms with Crippen molar-refractivity contribution in [1.29, 1.82) is 0 Å². The number of anilines is 1. The number of nitrogens with one attached hydrogen (secondary N) is 1. The zero-order valence-electron chi connectivity index (χ0n) is 11.8. The first kappa shape index (κ1) is 14.6. The molecule has 3 aromatic rings. The van der Waals surface area contributed by atoms with Crippen molar-refractivity contribution < 1.29 is 4.52 Å². The zero-order chi connectivity index (χ0) is 15.4. The van der Waals surface area contributed by atoms with E-state index in [0.717, 1.165) is 16.8 Å². The van der Waals surface area contributed by atoms with Crippen LogP contribution in [-0.2, 0) is 13.1 Å². The fraction of sp³-hybridized carbons (Fsp3) is 0.125. The maximum Gasteiger partial charge on any atom is 0.168 e. The highest BCUT2D eigenvalue weighted by Gasteiger charge is 2.09. The molecule has 0 atom stereocenters. The Morgan fingerprint density at radius 1 is 1.14 bits per heavy atom. The van der Waals surface area contributed by atoms with E-state index in [1.54, 1.807) is 6.20 Å². The molecule has 0 aliphatic rings. The molecule has 1 aromatic carbocycles. The Hall–Kier alpha value is -2.37. The first-order valence-corrected chi connectivity index (χ1v) is 7.22. The van der Waals surface area contributed by atoms with Gasteiger partial charge >= 0.3 is 0 Å². The zero-order valence-corrected chi connectivity index (χ0v) is 12.5. The minimum atomic E-state index is 0.534. The van der Waals surface area contributed by atoms with Gasteiger partial charge in [0.2, 0.25) is 0 Å². The van der Waals surface area contributed by atoms with Crippen molar-refractivity contribution in [3.05, 3.63) is 64.9 Å². The van der Waals surface area contributed by atoms with Crippen molar-refractivity contribution >= 4 is 17.4 Å². The molecule has 2 heterocycles. The van der Waals surface area contributed by atoms with E-state index in [1.807, 2.05) is 42.5 Å². The molecule has 5 nitrogen and oxygen atoms in total. The van der Waals surface area contributed by atoms with Crippen LogP contribution in [0.5, 0.6) is 0 Å². The van der Waals surface area contributed by atoms with Crippen molar-refractivity contribution in [3.63, 3.8) is 0 Å². The van der Waals surface area contributed by atoms with Crippen molar-refractivity contribution in [2.75, 3.05) is 5.73 Å². The van der Waals surface area contributed by atoms with E-state index in [1.165, 1.54) is 0 Å². The normalized spacial score (nSPS) is 10.8. The largest absolute Gasteiger partial charge is 0.383 e. The first-order chi connectivity index (χ1) is 10.7. The van der Waals surface area contributed by atoms with Gasteiger partial charge in [0.25, 0.3) is 0 Å². The van der Waals surface area contributed by atoms with Crippen molar-refractivity contribution in [1.82, 2.24) is 15.5 Å². The van der Waals surface area contributed by atoms with Crippen LogP contribution in [0, 0.1) is 0 Å². The van der Waals surface area contributed by atoms with Crippen molar-refractivity contribution in [2.24, 2.45) is 0 Å². The first-order valence-electron chi connectivity index (χ1n) is 6.84. The van der Waals surface area contributed by atoms with Gasteiger partial charge in [-0.05, 0) is 18.2 Å². The van der Waals surface area contributed by atoms with Crippen LogP contribution in [0.15, 0.2) is 53.2 Å². The molecule has 6 heteroatoms. The highest BCUT2D eigenvalue weighted by Crippen LogP contribution is 2.27. The number of hydrogen-bond acceptors (Lipinski definition) is 5. The second-order valence-electron chi connectivity index (χ2n) is 4.81. The summed E-state index contributed by atoms with van der Waals surface area (Å²) in [5, 5.41) is 7.95. The fourth-order valence-corrected chi connectivity index (χ4v) is 2.34. The third kappa shape index (κ3) is 3.27. The molecule has 2 aromatic heterocycles. The van der Waals surface area contributed by atoms with Crippen molar-refractivity contribution in [3.8, 4) is 11.3 Å². The second-order valence-corrected chi connectivity index (χ2v) is 5.22. The van der Waals surface area contributed by atoms with E-state index < -0.39 is 0 Å². The maximum atomic E-state index is 6.15. The topological polar surface area (TPSA) is 77.0 Å². The Morgan fingerprint density at radius 2 is 2.00 bits per heavy atom. The summed E-state index contributed by atoms with van der Waals surface area (Å²) in [6, 6.07) is 13.2. The molecular weight excluding hydrogens is 300 g/mol. The number of nitrogens with two attached hydrogens (primary N) is 1. The summed E-state index contributed by atoms with van der Waals surface area (Å²) in [6.07, 6.45) is 1.67. The molecule has 0 aliphatic heterocycles. The predicted octanol–water partition coefficient (Wildman–Crippen LogP) is 3.26. The molecular formula is C16H15ClN4O. The predicted molar refractivity (Wildman–Crippen MR) is 86.1 cm³/mol. The summed E-state index contributed by atoms with van der Waals surface area (Å²) in [4.78, 5) is 4.05. The third-order valence-corrected chi connectivity index (χ3v) is 3.58. The van der Waals surface area contributed by atoms with E-state index >= 15 is 0 Å². The number of pyridine rings is 1. The highest BCUT2D eigenvalue weighted by molar-refractivity contribution is 6.33. The number of nitrogens with zero attached hydrogens (tertiary/aromatic N) is 2. The van der Waals surface area contributed by atoms with Gasteiger partial charge in [-0.25, -0.2) is 4.98 Å². The van der Waals surface area contributed by atoms with Crippen LogP contribution in [0.25, 0.3) is 11.3 Å². The highest BCUT2D eigenvalue weighted by atomic mass is 35.5. The molecule has 3 rings (SSSR count). The lowest BCUT2D eigenvalue weighted by molar-refractivity contribution is 0.420. The van der Waals surface area contributed by atoms with E-state index in [-0.39, 0.29) is 0 Å². The number of benzene rings is 1. The van der Waals surface area contributed by atoms with Gasteiger partial charge in [-0.15, -0.1) is 0 Å². The quantitative estimate of drug-likeness (QED) is 0.756. The standard InChI is InChI=1S/C16H15ClN4O/c17-14-6-2-1-5-13(14)15-8-12(21-22-15)10-19-9-11-4-3-7-20-16(11)18/h1-8,19H,9-10H2,(H2,18,20). The molecule has 0 radical (unpaired) electrons. The Kier molecular flexibility index (Phi) is 4.37. The monoisotopic (exact) mass is 314 g/mol. The lowest BCUT2D eigenvalue weighted by atomic mass is 10.1. The van der Waals surface area contributed by atoms with Crippen LogP contribution in [0.1, 0.15) is 11.3 Å². The molecule has 0 saturated heterocycles. The van der Waals surface area contributed by atoms with Gasteiger partial charge in [0.15, 0.2) is 5.76 Å². The molecule has 3 N–H and O–H groups in total. The Balaban J connectivity index is 1.63. The average molecular weight is 315 g/mol. The van der Waals surface area contributed by atoms with E-state index in [0.29, 0.717) is 29.7 Å². The molecule has 0 amide bonds. The minimum Gasteiger partial charge on any atom is -0.383 e. The molecule has 0 unspecified atom stereocenters. The van der Waals surface area contributed by atoms with Gasteiger partial charge in [-0.1, -0.05) is 35.0 Å².